The van der Waals surface area contributed by atoms with E-state index in [4.69, 9.17) is 26.6 Å². The number of aryl methyl sites for hydroxylation is 1. The van der Waals surface area contributed by atoms with Gasteiger partial charge in [0.05, 0.1) is 24.4 Å². The lowest BCUT2D eigenvalue weighted by atomic mass is 10.00. The molecule has 0 aliphatic carbocycles. The molecule has 0 aliphatic rings. The smallest absolute Gasteiger partial charge is 0.236 e. The summed E-state index contributed by atoms with van der Waals surface area (Å²) in [6.45, 7) is 9.40. The van der Waals surface area contributed by atoms with Gasteiger partial charge in [0.2, 0.25) is 11.6 Å². The predicted octanol–water partition coefficient (Wildman–Crippen LogP) is 5.52. The zero-order chi connectivity index (χ0) is 25.7. The molecular weight excluding hydrogens is 481 g/mol. The first-order valence-corrected chi connectivity index (χ1v) is 11.7. The topological polar surface area (TPSA) is 123 Å². The largest absolute Gasteiger partial charge is 0.491 e. The summed E-state index contributed by atoms with van der Waals surface area (Å²) in [6.07, 6.45) is 0. The predicted molar refractivity (Wildman–Crippen MR) is 134 cm³/mol. The molecule has 2 aromatic carbocycles. The van der Waals surface area contributed by atoms with E-state index in [1.807, 2.05) is 0 Å². The summed E-state index contributed by atoms with van der Waals surface area (Å²) in [7, 11) is 0. The first kappa shape index (κ1) is 24.7. The minimum Gasteiger partial charge on any atom is -0.491 e. The fourth-order valence-electron chi connectivity index (χ4n) is 3.50. The summed E-state index contributed by atoms with van der Waals surface area (Å²) in [5.74, 6) is 1.34. The second-order valence-corrected chi connectivity index (χ2v) is 8.51. The minimum absolute atomic E-state index is 0.0134. The molecule has 0 radical (unpaired) electrons. The van der Waals surface area contributed by atoms with Crippen molar-refractivity contribution in [1.29, 1.82) is 5.26 Å². The Hall–Kier alpha value is -4.38. The molecule has 0 saturated heterocycles. The molecule has 0 amide bonds. The number of oxazole rings is 1. The van der Waals surface area contributed by atoms with Crippen LogP contribution in [0.2, 0.25) is 0 Å². The van der Waals surface area contributed by atoms with Gasteiger partial charge in [-0.3, -0.25) is 0 Å². The average Bonchev–Trinajstić information content (AvgIpc) is 3.26. The molecule has 0 aliphatic heterocycles. The van der Waals surface area contributed by atoms with Crippen LogP contribution in [0.25, 0.3) is 27.4 Å². The van der Waals surface area contributed by atoms with Crippen LogP contribution >= 0.6 is 11.8 Å². The number of ether oxygens (including phenoxy) is 1. The summed E-state index contributed by atoms with van der Waals surface area (Å²) < 4.78 is 24.7. The van der Waals surface area contributed by atoms with Crippen molar-refractivity contribution < 1.29 is 18.7 Å². The van der Waals surface area contributed by atoms with Gasteiger partial charge >= 0.3 is 0 Å². The highest BCUT2D eigenvalue weighted by atomic mass is 32.2. The number of aliphatic hydroxyl groups excluding tert-OH is 1. The molecule has 180 valence electrons. The van der Waals surface area contributed by atoms with E-state index in [-0.39, 0.29) is 30.3 Å². The molecule has 2 aromatic heterocycles. The maximum absolute atomic E-state index is 13.6. The van der Waals surface area contributed by atoms with Crippen LogP contribution in [0.15, 0.2) is 58.0 Å². The van der Waals surface area contributed by atoms with Gasteiger partial charge < -0.3 is 20.0 Å². The van der Waals surface area contributed by atoms with Crippen molar-refractivity contribution in [3.05, 3.63) is 82.8 Å². The molecule has 8 nitrogen and oxygen atoms in total. The zero-order valence-corrected chi connectivity index (χ0v) is 20.0. The number of hydrogen-bond donors (Lipinski definition) is 2. The van der Waals surface area contributed by atoms with Crippen LogP contribution in [0.3, 0.4) is 0 Å². The first-order valence-electron chi connectivity index (χ1n) is 10.7. The number of pyridine rings is 1. The van der Waals surface area contributed by atoms with Crippen molar-refractivity contribution in [2.75, 3.05) is 18.9 Å². The van der Waals surface area contributed by atoms with Gasteiger partial charge in [0, 0.05) is 16.9 Å². The summed E-state index contributed by atoms with van der Waals surface area (Å²) in [6, 6.07) is 15.0. The highest BCUT2D eigenvalue weighted by Gasteiger charge is 2.22. The number of halogens is 1. The molecule has 0 saturated carbocycles. The molecule has 0 atom stereocenters. The van der Waals surface area contributed by atoms with Gasteiger partial charge in [-0.15, -0.1) is 0 Å². The molecule has 2 heterocycles. The number of nitriles is 1. The van der Waals surface area contributed by atoms with Crippen molar-refractivity contribution >= 4 is 23.3 Å². The van der Waals surface area contributed by atoms with Crippen LogP contribution in [-0.4, -0.2) is 28.3 Å². The second kappa shape index (κ2) is 10.9. The number of anilines is 1. The molecular formula is C26H20FN5O3S. The van der Waals surface area contributed by atoms with Crippen molar-refractivity contribution in [3.63, 3.8) is 0 Å². The quantitative estimate of drug-likeness (QED) is 0.239. The fourth-order valence-corrected chi connectivity index (χ4v) is 4.50. The zero-order valence-electron chi connectivity index (χ0n) is 19.2. The Bertz CT molecular complexity index is 1490. The Morgan fingerprint density at radius 1 is 1.22 bits per heavy atom. The molecule has 3 N–H and O–H groups in total. The Morgan fingerprint density at radius 2 is 2.00 bits per heavy atom. The highest BCUT2D eigenvalue weighted by Crippen LogP contribution is 2.42. The normalized spacial score (nSPS) is 10.6. The van der Waals surface area contributed by atoms with Crippen LogP contribution in [0, 0.1) is 30.6 Å². The number of aromatic nitrogens is 2. The summed E-state index contributed by atoms with van der Waals surface area (Å²) in [5.41, 5.74) is 8.54. The van der Waals surface area contributed by atoms with E-state index in [0.29, 0.717) is 50.6 Å². The molecule has 0 unspecified atom stereocenters. The van der Waals surface area contributed by atoms with Gasteiger partial charge in [-0.25, -0.2) is 19.2 Å². The number of nitrogens with zero attached hydrogens (tertiary/aromatic N) is 4. The first-order chi connectivity index (χ1) is 17.4. The van der Waals surface area contributed by atoms with Crippen LogP contribution in [0.1, 0.15) is 17.0 Å². The number of aliphatic hydroxyl groups is 1. The molecule has 0 fully saturated rings. The van der Waals surface area contributed by atoms with Crippen LogP contribution in [-0.2, 0) is 5.75 Å². The van der Waals surface area contributed by atoms with Gasteiger partial charge in [-0.1, -0.05) is 30.0 Å². The summed E-state index contributed by atoms with van der Waals surface area (Å²) >= 11 is 1.24. The standard InChI is InChI=1S/C26H20FN5O3S/c1-15-21(31-25(35-15)17-4-3-5-18(27)12-17)14-36-26-20(13-28)22(23(30-2)24(29)32-26)16-6-8-19(9-7-16)34-11-10-33/h3-9,12,33H,10-11,14H2,1H3,(H2,29,32). The lowest BCUT2D eigenvalue weighted by molar-refractivity contribution is 0.201. The monoisotopic (exact) mass is 501 g/mol. The van der Waals surface area contributed by atoms with Crippen molar-refractivity contribution in [2.24, 2.45) is 0 Å². The highest BCUT2D eigenvalue weighted by molar-refractivity contribution is 7.98. The third kappa shape index (κ3) is 5.15. The van der Waals surface area contributed by atoms with Crippen molar-refractivity contribution in [2.45, 2.75) is 17.7 Å². The van der Waals surface area contributed by atoms with Crippen LogP contribution in [0.4, 0.5) is 15.9 Å². The molecule has 36 heavy (non-hydrogen) atoms. The molecule has 10 heteroatoms. The molecule has 0 bridgehead atoms. The lowest BCUT2D eigenvalue weighted by Crippen LogP contribution is -2.02. The van der Waals surface area contributed by atoms with E-state index in [1.54, 1.807) is 43.3 Å². The maximum atomic E-state index is 13.6. The van der Waals surface area contributed by atoms with E-state index in [9.17, 15) is 9.65 Å². The Kier molecular flexibility index (Phi) is 7.50. The van der Waals surface area contributed by atoms with E-state index in [2.05, 4.69) is 20.9 Å². The van der Waals surface area contributed by atoms with Crippen molar-refractivity contribution in [1.82, 2.24) is 9.97 Å². The maximum Gasteiger partial charge on any atom is 0.236 e. The van der Waals surface area contributed by atoms with Crippen LogP contribution in [0.5, 0.6) is 5.75 Å². The number of hydrogen-bond acceptors (Lipinski definition) is 8. The van der Waals surface area contributed by atoms with E-state index >= 15 is 0 Å². The van der Waals surface area contributed by atoms with Gasteiger partial charge in [0.1, 0.15) is 40.8 Å². The molecule has 4 rings (SSSR count). The average molecular weight is 502 g/mol. The fraction of sp³-hybridized carbons (Fsp3) is 0.154. The SMILES string of the molecule is [C-]#[N+]c1c(N)nc(SCc2nc(-c3cccc(F)c3)oc2C)c(C#N)c1-c1ccc(OCCO)cc1. The minimum atomic E-state index is -0.391. The number of thioether (sulfide) groups is 1. The molecule has 0 spiro atoms. The number of nitrogen functional groups attached to an aromatic ring is 1. The van der Waals surface area contributed by atoms with Gasteiger partial charge in [-0.05, 0) is 42.8 Å². The second-order valence-electron chi connectivity index (χ2n) is 7.54. The third-order valence-electron chi connectivity index (χ3n) is 5.20. The lowest BCUT2D eigenvalue weighted by Gasteiger charge is -2.13. The number of benzene rings is 2. The Balaban J connectivity index is 1.67. The van der Waals surface area contributed by atoms with Gasteiger partial charge in [0.25, 0.3) is 0 Å². The van der Waals surface area contributed by atoms with E-state index in [0.717, 1.165) is 0 Å². The van der Waals surface area contributed by atoms with Crippen molar-refractivity contribution in [3.8, 4) is 34.4 Å². The number of rotatable bonds is 8. The number of nitrogens with two attached hydrogens (primary N) is 1. The van der Waals surface area contributed by atoms with E-state index in [1.165, 1.54) is 23.9 Å². The van der Waals surface area contributed by atoms with Crippen LogP contribution < -0.4 is 10.5 Å². The summed E-state index contributed by atoms with van der Waals surface area (Å²) in [5, 5.41) is 19.3. The van der Waals surface area contributed by atoms with Gasteiger partial charge in [0.15, 0.2) is 0 Å². The molecule has 4 aromatic rings. The van der Waals surface area contributed by atoms with E-state index < -0.39 is 5.82 Å². The Morgan fingerprint density at radius 3 is 2.67 bits per heavy atom. The third-order valence-corrected chi connectivity index (χ3v) is 6.19. The summed E-state index contributed by atoms with van der Waals surface area (Å²) in [4.78, 5) is 12.3. The Labute approximate surface area is 211 Å². The van der Waals surface area contributed by atoms with Gasteiger partial charge in [-0.2, -0.15) is 5.26 Å².